The Hall–Kier alpha value is -2.38. The normalized spacial score (nSPS) is 15.0. The second kappa shape index (κ2) is 13.0. The SMILES string of the molecule is CC(C)CC(NC(=O)C(CC(N)=O)NC(=O)C(CO)NC(=O)C(N)CS)C(=O)O. The number of carboxylic acid groups (broad SMARTS) is 1. The summed E-state index contributed by atoms with van der Waals surface area (Å²) in [5.41, 5.74) is 10.6. The highest BCUT2D eigenvalue weighted by Gasteiger charge is 2.31. The minimum absolute atomic E-state index is 0.00919. The van der Waals surface area contributed by atoms with Crippen LogP contribution in [0.1, 0.15) is 26.7 Å². The first-order valence-corrected chi connectivity index (χ1v) is 9.45. The summed E-state index contributed by atoms with van der Waals surface area (Å²) in [4.78, 5) is 59.1. The fourth-order valence-electron chi connectivity index (χ4n) is 2.20. The minimum Gasteiger partial charge on any atom is -0.480 e. The van der Waals surface area contributed by atoms with E-state index in [0.29, 0.717) is 0 Å². The molecule has 4 atom stereocenters. The number of nitrogens with one attached hydrogen (secondary N) is 3. The van der Waals surface area contributed by atoms with Crippen LogP contribution in [0.4, 0.5) is 0 Å². The molecule has 0 radical (unpaired) electrons. The van der Waals surface area contributed by atoms with Crippen LogP contribution in [0.15, 0.2) is 0 Å². The van der Waals surface area contributed by atoms with E-state index >= 15 is 0 Å². The quantitative estimate of drug-likeness (QED) is 0.137. The second-order valence-electron chi connectivity index (χ2n) is 6.79. The molecule has 13 heteroatoms. The highest BCUT2D eigenvalue weighted by atomic mass is 32.1. The molecular weight excluding hydrogens is 406 g/mol. The summed E-state index contributed by atoms with van der Waals surface area (Å²) in [6, 6.07) is -5.23. The average Bonchev–Trinajstić information content (AvgIpc) is 2.62. The third-order valence-electron chi connectivity index (χ3n) is 3.71. The number of aliphatic hydroxyl groups is 1. The molecule has 0 aromatic rings. The van der Waals surface area contributed by atoms with Crippen molar-refractivity contribution in [2.24, 2.45) is 17.4 Å². The molecule has 9 N–H and O–H groups in total. The van der Waals surface area contributed by atoms with Gasteiger partial charge in [-0.15, -0.1) is 0 Å². The monoisotopic (exact) mass is 435 g/mol. The van der Waals surface area contributed by atoms with E-state index in [9.17, 15) is 34.2 Å². The fourth-order valence-corrected chi connectivity index (χ4v) is 2.37. The van der Waals surface area contributed by atoms with Crippen molar-refractivity contribution < 1.29 is 34.2 Å². The molecule has 4 amide bonds. The fraction of sp³-hybridized carbons (Fsp3) is 0.688. The lowest BCUT2D eigenvalue weighted by molar-refractivity contribution is -0.143. The zero-order valence-electron chi connectivity index (χ0n) is 16.3. The van der Waals surface area contributed by atoms with Crippen molar-refractivity contribution in [3.05, 3.63) is 0 Å². The molecular formula is C16H29N5O7S. The molecule has 0 aromatic carbocycles. The zero-order chi connectivity index (χ0) is 22.7. The van der Waals surface area contributed by atoms with E-state index < -0.39 is 66.8 Å². The van der Waals surface area contributed by atoms with Crippen molar-refractivity contribution in [2.45, 2.75) is 50.9 Å². The van der Waals surface area contributed by atoms with E-state index in [4.69, 9.17) is 11.5 Å². The highest BCUT2D eigenvalue weighted by Crippen LogP contribution is 2.06. The van der Waals surface area contributed by atoms with E-state index in [0.717, 1.165) is 0 Å². The van der Waals surface area contributed by atoms with Crippen molar-refractivity contribution >= 4 is 42.2 Å². The van der Waals surface area contributed by atoms with Crippen LogP contribution in [-0.4, -0.2) is 76.3 Å². The average molecular weight is 436 g/mol. The Morgan fingerprint density at radius 2 is 1.41 bits per heavy atom. The van der Waals surface area contributed by atoms with E-state index in [-0.39, 0.29) is 18.1 Å². The maximum atomic E-state index is 12.4. The number of nitrogens with two attached hydrogens (primary N) is 2. The molecule has 0 heterocycles. The van der Waals surface area contributed by atoms with Gasteiger partial charge < -0.3 is 37.6 Å². The summed E-state index contributed by atoms with van der Waals surface area (Å²) in [6.45, 7) is 2.70. The first kappa shape index (κ1) is 26.6. The summed E-state index contributed by atoms with van der Waals surface area (Å²) in [5, 5.41) is 25.2. The van der Waals surface area contributed by atoms with Crippen LogP contribution in [0, 0.1) is 5.92 Å². The van der Waals surface area contributed by atoms with E-state index in [1.54, 1.807) is 13.8 Å². The number of hydrogen-bond donors (Lipinski definition) is 8. The van der Waals surface area contributed by atoms with E-state index in [2.05, 4.69) is 28.6 Å². The molecule has 0 aliphatic carbocycles. The van der Waals surface area contributed by atoms with Crippen molar-refractivity contribution in [1.29, 1.82) is 0 Å². The van der Waals surface area contributed by atoms with Crippen LogP contribution in [0.2, 0.25) is 0 Å². The van der Waals surface area contributed by atoms with Crippen LogP contribution >= 0.6 is 12.6 Å². The molecule has 0 bridgehead atoms. The molecule has 0 spiro atoms. The zero-order valence-corrected chi connectivity index (χ0v) is 17.1. The molecule has 4 unspecified atom stereocenters. The molecule has 0 saturated heterocycles. The summed E-state index contributed by atoms with van der Waals surface area (Å²) in [7, 11) is 0. The van der Waals surface area contributed by atoms with Gasteiger partial charge in [-0.25, -0.2) is 4.79 Å². The number of aliphatic hydroxyl groups excluding tert-OH is 1. The topological polar surface area (TPSA) is 214 Å². The number of rotatable bonds is 13. The molecule has 29 heavy (non-hydrogen) atoms. The van der Waals surface area contributed by atoms with Gasteiger partial charge >= 0.3 is 5.97 Å². The molecule has 0 rings (SSSR count). The van der Waals surface area contributed by atoms with Crippen molar-refractivity contribution in [1.82, 2.24) is 16.0 Å². The smallest absolute Gasteiger partial charge is 0.326 e. The molecule has 0 aliphatic heterocycles. The lowest BCUT2D eigenvalue weighted by Gasteiger charge is -2.24. The summed E-state index contributed by atoms with van der Waals surface area (Å²) >= 11 is 3.85. The minimum atomic E-state index is -1.50. The van der Waals surface area contributed by atoms with Crippen LogP contribution in [0.25, 0.3) is 0 Å². The molecule has 0 fully saturated rings. The first-order valence-electron chi connectivity index (χ1n) is 8.82. The van der Waals surface area contributed by atoms with Gasteiger partial charge in [-0.05, 0) is 12.3 Å². The van der Waals surface area contributed by atoms with Gasteiger partial charge in [0, 0.05) is 5.75 Å². The maximum Gasteiger partial charge on any atom is 0.326 e. The molecule has 166 valence electrons. The Labute approximate surface area is 173 Å². The highest BCUT2D eigenvalue weighted by molar-refractivity contribution is 7.80. The van der Waals surface area contributed by atoms with Crippen LogP contribution < -0.4 is 27.4 Å². The van der Waals surface area contributed by atoms with Gasteiger partial charge in [-0.2, -0.15) is 12.6 Å². The van der Waals surface area contributed by atoms with Crippen molar-refractivity contribution in [3.8, 4) is 0 Å². The largest absolute Gasteiger partial charge is 0.480 e. The van der Waals surface area contributed by atoms with Gasteiger partial charge in [0.1, 0.15) is 18.1 Å². The number of carboxylic acids is 1. The standard InChI is InChI=1S/C16H29N5O7S/c1-7(2)3-10(16(27)28)20-14(25)9(4-12(18)23)19-15(26)11(5-22)21-13(24)8(17)6-29/h7-11,22,29H,3-6,17H2,1-2H3,(H2,18,23)(H,19,26)(H,20,25)(H,21,24)(H,27,28). The molecule has 0 aromatic heterocycles. The van der Waals surface area contributed by atoms with Gasteiger partial charge in [0.25, 0.3) is 0 Å². The number of carbonyl (C=O) groups is 5. The molecule has 12 nitrogen and oxygen atoms in total. The maximum absolute atomic E-state index is 12.4. The van der Waals surface area contributed by atoms with Gasteiger partial charge in [-0.3, -0.25) is 19.2 Å². The molecule has 0 aliphatic rings. The Kier molecular flexibility index (Phi) is 11.9. The predicted octanol–water partition coefficient (Wildman–Crippen LogP) is -3.30. The Bertz CT molecular complexity index is 616. The summed E-state index contributed by atoms with van der Waals surface area (Å²) in [6.07, 6.45) is -0.497. The van der Waals surface area contributed by atoms with Crippen molar-refractivity contribution in [3.63, 3.8) is 0 Å². The lowest BCUT2D eigenvalue weighted by Crippen LogP contribution is -2.58. The Morgan fingerprint density at radius 1 is 0.931 bits per heavy atom. The van der Waals surface area contributed by atoms with Gasteiger partial charge in [-0.1, -0.05) is 13.8 Å². The molecule has 0 saturated carbocycles. The Balaban J connectivity index is 5.27. The van der Waals surface area contributed by atoms with Crippen LogP contribution in [0.5, 0.6) is 0 Å². The van der Waals surface area contributed by atoms with Gasteiger partial charge in [0.2, 0.25) is 23.6 Å². The number of carbonyl (C=O) groups excluding carboxylic acids is 4. The third-order valence-corrected chi connectivity index (χ3v) is 4.10. The van der Waals surface area contributed by atoms with E-state index in [1.807, 2.05) is 0 Å². The van der Waals surface area contributed by atoms with E-state index in [1.165, 1.54) is 0 Å². The summed E-state index contributed by atoms with van der Waals surface area (Å²) in [5.74, 6) is -4.95. The summed E-state index contributed by atoms with van der Waals surface area (Å²) < 4.78 is 0. The second-order valence-corrected chi connectivity index (χ2v) is 7.16. The van der Waals surface area contributed by atoms with Gasteiger partial charge in [0.05, 0.1) is 19.1 Å². The number of hydrogen-bond acceptors (Lipinski definition) is 8. The predicted molar refractivity (Wildman–Crippen MR) is 106 cm³/mol. The number of primary amides is 1. The van der Waals surface area contributed by atoms with Crippen LogP contribution in [0.3, 0.4) is 0 Å². The number of thiol groups is 1. The number of aliphatic carboxylic acids is 1. The third kappa shape index (κ3) is 10.1. The van der Waals surface area contributed by atoms with Crippen LogP contribution in [-0.2, 0) is 24.0 Å². The lowest BCUT2D eigenvalue weighted by atomic mass is 10.0. The van der Waals surface area contributed by atoms with Crippen molar-refractivity contribution in [2.75, 3.05) is 12.4 Å². The number of amides is 4. The first-order chi connectivity index (χ1) is 13.4. The Morgan fingerprint density at radius 3 is 1.83 bits per heavy atom. The van der Waals surface area contributed by atoms with Gasteiger partial charge in [0.15, 0.2) is 0 Å².